The Kier molecular flexibility index (Phi) is 4.77. The molecule has 0 aliphatic rings. The van der Waals surface area contributed by atoms with E-state index in [1.54, 1.807) is 6.92 Å². The molecule has 0 radical (unpaired) electrons. The third-order valence-corrected chi connectivity index (χ3v) is 1.85. The molecular formula is C10H11F2N3OS. The molecule has 0 unspecified atom stereocenters. The van der Waals surface area contributed by atoms with Crippen LogP contribution in [-0.2, 0) is 0 Å². The highest BCUT2D eigenvalue weighted by atomic mass is 32.1. The average Bonchev–Trinajstić information content (AvgIpc) is 2.27. The molecule has 4 nitrogen and oxygen atoms in total. The van der Waals surface area contributed by atoms with Gasteiger partial charge in [0.25, 0.3) is 0 Å². The fourth-order valence-corrected chi connectivity index (χ4v) is 1.15. The van der Waals surface area contributed by atoms with E-state index in [9.17, 15) is 8.78 Å². The number of nitrogens with one attached hydrogen (secondary N) is 1. The van der Waals surface area contributed by atoms with Crippen LogP contribution in [0, 0.1) is 11.6 Å². The molecular weight excluding hydrogens is 248 g/mol. The van der Waals surface area contributed by atoms with Crippen LogP contribution >= 0.6 is 12.2 Å². The first-order valence-electron chi connectivity index (χ1n) is 4.75. The van der Waals surface area contributed by atoms with Crippen LogP contribution in [0.5, 0.6) is 5.75 Å². The van der Waals surface area contributed by atoms with Crippen molar-refractivity contribution >= 4 is 23.5 Å². The second kappa shape index (κ2) is 6.09. The Morgan fingerprint density at radius 1 is 1.59 bits per heavy atom. The number of hydrogen-bond donors (Lipinski definition) is 2. The quantitative estimate of drug-likeness (QED) is 0.489. The first-order chi connectivity index (χ1) is 8.06. The Hall–Kier alpha value is -1.76. The zero-order valence-electron chi connectivity index (χ0n) is 9.04. The molecule has 1 aromatic rings. The number of benzene rings is 1. The van der Waals surface area contributed by atoms with E-state index >= 15 is 0 Å². The summed E-state index contributed by atoms with van der Waals surface area (Å²) in [5.41, 5.74) is 6.99. The molecule has 0 amide bonds. The summed E-state index contributed by atoms with van der Waals surface area (Å²) in [6, 6.07) is 2.31. The lowest BCUT2D eigenvalue weighted by Crippen LogP contribution is -2.24. The van der Waals surface area contributed by atoms with Crippen LogP contribution in [0.3, 0.4) is 0 Å². The van der Waals surface area contributed by atoms with E-state index in [2.05, 4.69) is 22.7 Å². The molecule has 7 heteroatoms. The maximum Gasteiger partial charge on any atom is 0.184 e. The van der Waals surface area contributed by atoms with Crippen molar-refractivity contribution in [3.63, 3.8) is 0 Å². The summed E-state index contributed by atoms with van der Waals surface area (Å²) in [5.74, 6) is -1.61. The molecule has 3 N–H and O–H groups in total. The van der Waals surface area contributed by atoms with Crippen LogP contribution in [0.2, 0.25) is 0 Å². The van der Waals surface area contributed by atoms with Crippen LogP contribution in [0.25, 0.3) is 0 Å². The lowest BCUT2D eigenvalue weighted by molar-refractivity contribution is 0.320. The number of hydrazone groups is 1. The predicted molar refractivity (Wildman–Crippen MR) is 65.0 cm³/mol. The van der Waals surface area contributed by atoms with E-state index in [-0.39, 0.29) is 23.0 Å². The maximum atomic E-state index is 13.7. The maximum absolute atomic E-state index is 13.7. The number of nitrogens with two attached hydrogens (primary N) is 1. The van der Waals surface area contributed by atoms with Gasteiger partial charge >= 0.3 is 0 Å². The minimum atomic E-state index is -0.819. The number of halogens is 2. The molecule has 0 fully saturated rings. The van der Waals surface area contributed by atoms with Crippen molar-refractivity contribution in [1.82, 2.24) is 5.43 Å². The molecule has 0 aliphatic carbocycles. The summed E-state index contributed by atoms with van der Waals surface area (Å²) >= 11 is 4.48. The van der Waals surface area contributed by atoms with E-state index in [0.29, 0.717) is 0 Å². The number of hydrogen-bond acceptors (Lipinski definition) is 3. The van der Waals surface area contributed by atoms with Crippen molar-refractivity contribution in [3.05, 3.63) is 29.3 Å². The molecule has 0 saturated carbocycles. The Morgan fingerprint density at radius 2 is 2.29 bits per heavy atom. The SMILES string of the molecule is CCOc1ccc(F)c(C=NNC(N)=S)c1F. The van der Waals surface area contributed by atoms with Crippen molar-refractivity contribution in [2.75, 3.05) is 6.61 Å². The van der Waals surface area contributed by atoms with Gasteiger partial charge in [0.05, 0.1) is 18.4 Å². The molecule has 1 rings (SSSR count). The average molecular weight is 259 g/mol. The second-order valence-corrected chi connectivity index (χ2v) is 3.38. The monoisotopic (exact) mass is 259 g/mol. The lowest BCUT2D eigenvalue weighted by atomic mass is 10.2. The summed E-state index contributed by atoms with van der Waals surface area (Å²) in [6.45, 7) is 1.98. The van der Waals surface area contributed by atoms with Crippen molar-refractivity contribution in [3.8, 4) is 5.75 Å². The smallest absolute Gasteiger partial charge is 0.184 e. The van der Waals surface area contributed by atoms with Gasteiger partial charge in [-0.25, -0.2) is 8.78 Å². The normalized spacial score (nSPS) is 10.5. The van der Waals surface area contributed by atoms with Gasteiger partial charge in [0, 0.05) is 0 Å². The largest absolute Gasteiger partial charge is 0.491 e. The van der Waals surface area contributed by atoms with Gasteiger partial charge in [-0.3, -0.25) is 5.43 Å². The molecule has 0 spiro atoms. The van der Waals surface area contributed by atoms with Gasteiger partial charge < -0.3 is 10.5 Å². The minimum Gasteiger partial charge on any atom is -0.491 e. The van der Waals surface area contributed by atoms with Crippen molar-refractivity contribution in [2.24, 2.45) is 10.8 Å². The van der Waals surface area contributed by atoms with Gasteiger partial charge in [-0.1, -0.05) is 0 Å². The Labute approximate surface area is 102 Å². The fraction of sp³-hybridized carbons (Fsp3) is 0.200. The third kappa shape index (κ3) is 3.63. The molecule has 0 bridgehead atoms. The third-order valence-electron chi connectivity index (χ3n) is 1.76. The molecule has 0 aromatic heterocycles. The second-order valence-electron chi connectivity index (χ2n) is 2.94. The van der Waals surface area contributed by atoms with Gasteiger partial charge in [-0.15, -0.1) is 0 Å². The lowest BCUT2D eigenvalue weighted by Gasteiger charge is -2.06. The number of ether oxygens (including phenoxy) is 1. The van der Waals surface area contributed by atoms with Gasteiger partial charge in [-0.05, 0) is 31.3 Å². The zero-order valence-corrected chi connectivity index (χ0v) is 9.85. The highest BCUT2D eigenvalue weighted by Gasteiger charge is 2.12. The standard InChI is InChI=1S/C10H11F2N3OS/c1-2-16-8-4-3-7(11)6(9(8)12)5-14-15-10(13)17/h3-5H,2H2,1H3,(H3,13,15,17). The Morgan fingerprint density at radius 3 is 2.88 bits per heavy atom. The van der Waals surface area contributed by atoms with Crippen molar-refractivity contribution < 1.29 is 13.5 Å². The summed E-state index contributed by atoms with van der Waals surface area (Å²) in [5, 5.41) is 3.39. The van der Waals surface area contributed by atoms with Gasteiger partial charge in [0.15, 0.2) is 16.7 Å². The van der Waals surface area contributed by atoms with Crippen LogP contribution in [-0.4, -0.2) is 17.9 Å². The molecule has 0 aliphatic heterocycles. The first kappa shape index (κ1) is 13.3. The van der Waals surface area contributed by atoms with Crippen LogP contribution in [0.4, 0.5) is 8.78 Å². The molecule has 17 heavy (non-hydrogen) atoms. The van der Waals surface area contributed by atoms with Crippen molar-refractivity contribution in [2.45, 2.75) is 6.92 Å². The Bertz CT molecular complexity index is 451. The van der Waals surface area contributed by atoms with E-state index in [0.717, 1.165) is 12.3 Å². The number of rotatable bonds is 4. The molecule has 0 atom stereocenters. The minimum absolute atomic E-state index is 0.0364. The molecule has 0 heterocycles. The summed E-state index contributed by atoms with van der Waals surface area (Å²) < 4.78 is 32.0. The van der Waals surface area contributed by atoms with E-state index in [1.807, 2.05) is 0 Å². The summed E-state index contributed by atoms with van der Waals surface area (Å²) in [6.07, 6.45) is 0.951. The molecule has 0 saturated heterocycles. The van der Waals surface area contributed by atoms with Crippen LogP contribution in [0.15, 0.2) is 17.2 Å². The number of thiocarbonyl (C=S) groups is 1. The van der Waals surface area contributed by atoms with Gasteiger partial charge in [0.1, 0.15) is 5.82 Å². The van der Waals surface area contributed by atoms with E-state index in [1.165, 1.54) is 6.07 Å². The topological polar surface area (TPSA) is 59.6 Å². The van der Waals surface area contributed by atoms with Gasteiger partial charge in [-0.2, -0.15) is 5.10 Å². The van der Waals surface area contributed by atoms with Crippen molar-refractivity contribution in [1.29, 1.82) is 0 Å². The zero-order chi connectivity index (χ0) is 12.8. The molecule has 92 valence electrons. The van der Waals surface area contributed by atoms with E-state index in [4.69, 9.17) is 10.5 Å². The van der Waals surface area contributed by atoms with Gasteiger partial charge in [0.2, 0.25) is 0 Å². The highest BCUT2D eigenvalue weighted by Crippen LogP contribution is 2.21. The van der Waals surface area contributed by atoms with E-state index < -0.39 is 11.6 Å². The van der Waals surface area contributed by atoms with Crippen LogP contribution < -0.4 is 15.9 Å². The molecule has 1 aromatic carbocycles. The highest BCUT2D eigenvalue weighted by molar-refractivity contribution is 7.80. The summed E-state index contributed by atoms with van der Waals surface area (Å²) in [7, 11) is 0. The first-order valence-corrected chi connectivity index (χ1v) is 5.16. The predicted octanol–water partition coefficient (Wildman–Crippen LogP) is 1.53. The Balaban J connectivity index is 3.00. The summed E-state index contributed by atoms with van der Waals surface area (Å²) in [4.78, 5) is 0. The van der Waals surface area contributed by atoms with Crippen LogP contribution in [0.1, 0.15) is 12.5 Å². The number of nitrogens with zero attached hydrogens (tertiary/aromatic N) is 1. The fourth-order valence-electron chi connectivity index (χ4n) is 1.10.